The second-order valence-electron chi connectivity index (χ2n) is 3.62. The van der Waals surface area contributed by atoms with Crippen LogP contribution in [-0.4, -0.2) is 23.7 Å². The van der Waals surface area contributed by atoms with E-state index < -0.39 is 5.97 Å². The van der Waals surface area contributed by atoms with Crippen molar-refractivity contribution in [2.75, 3.05) is 6.54 Å². The number of hydrogen-bond acceptors (Lipinski definition) is 2. The zero-order chi connectivity index (χ0) is 8.97. The molecular formula is C9H17NO2. The van der Waals surface area contributed by atoms with Gasteiger partial charge in [0.2, 0.25) is 0 Å². The zero-order valence-corrected chi connectivity index (χ0v) is 7.55. The first-order chi connectivity index (χ1) is 5.70. The fraction of sp³-hybridized carbons (Fsp3) is 0.889. The lowest BCUT2D eigenvalue weighted by atomic mass is 9.95. The van der Waals surface area contributed by atoms with E-state index >= 15 is 0 Å². The Morgan fingerprint density at radius 2 is 2.42 bits per heavy atom. The van der Waals surface area contributed by atoms with Gasteiger partial charge >= 0.3 is 5.97 Å². The van der Waals surface area contributed by atoms with Gasteiger partial charge in [-0.3, -0.25) is 4.79 Å². The lowest BCUT2D eigenvalue weighted by molar-refractivity contribution is -0.141. The summed E-state index contributed by atoms with van der Waals surface area (Å²) < 4.78 is 0. The number of hydrogen-bond donors (Lipinski definition) is 2. The Balaban J connectivity index is 2.24. The molecule has 0 radical (unpaired) electrons. The number of aliphatic carboxylic acids is 1. The SMILES string of the molecule is CC(CC1CCCCN1)C(=O)O. The van der Waals surface area contributed by atoms with E-state index in [1.165, 1.54) is 12.8 Å². The molecule has 3 nitrogen and oxygen atoms in total. The number of rotatable bonds is 3. The van der Waals surface area contributed by atoms with Gasteiger partial charge in [0.05, 0.1) is 5.92 Å². The van der Waals surface area contributed by atoms with E-state index in [1.807, 2.05) is 0 Å². The molecule has 1 aliphatic heterocycles. The molecule has 0 bridgehead atoms. The van der Waals surface area contributed by atoms with Gasteiger partial charge in [0.1, 0.15) is 0 Å². The first kappa shape index (κ1) is 9.52. The molecule has 3 heteroatoms. The molecule has 1 saturated heterocycles. The molecule has 0 aromatic heterocycles. The zero-order valence-electron chi connectivity index (χ0n) is 7.55. The summed E-state index contributed by atoms with van der Waals surface area (Å²) in [5, 5.41) is 12.0. The molecule has 2 atom stereocenters. The van der Waals surface area contributed by atoms with Gasteiger partial charge < -0.3 is 10.4 Å². The minimum atomic E-state index is -0.678. The smallest absolute Gasteiger partial charge is 0.306 e. The van der Waals surface area contributed by atoms with Gasteiger partial charge in [-0.15, -0.1) is 0 Å². The average Bonchev–Trinajstić information content (AvgIpc) is 2.06. The van der Waals surface area contributed by atoms with Crippen molar-refractivity contribution in [2.45, 2.75) is 38.6 Å². The molecule has 0 aromatic rings. The van der Waals surface area contributed by atoms with Gasteiger partial charge in [0.15, 0.2) is 0 Å². The van der Waals surface area contributed by atoms with Gasteiger partial charge in [-0.1, -0.05) is 13.3 Å². The van der Waals surface area contributed by atoms with E-state index in [9.17, 15) is 4.79 Å². The average molecular weight is 171 g/mol. The summed E-state index contributed by atoms with van der Waals surface area (Å²) in [7, 11) is 0. The number of nitrogens with one attached hydrogen (secondary N) is 1. The maximum atomic E-state index is 10.5. The third-order valence-corrected chi connectivity index (χ3v) is 2.47. The van der Waals surface area contributed by atoms with Crippen molar-refractivity contribution in [2.24, 2.45) is 5.92 Å². The third kappa shape index (κ3) is 2.81. The molecule has 2 unspecified atom stereocenters. The van der Waals surface area contributed by atoms with Crippen LogP contribution in [0, 0.1) is 5.92 Å². The Morgan fingerprint density at radius 3 is 2.92 bits per heavy atom. The highest BCUT2D eigenvalue weighted by Gasteiger charge is 2.19. The van der Waals surface area contributed by atoms with Crippen LogP contribution in [0.5, 0.6) is 0 Å². The molecule has 0 amide bonds. The predicted molar refractivity (Wildman–Crippen MR) is 47.1 cm³/mol. The summed E-state index contributed by atoms with van der Waals surface area (Å²) in [5.74, 6) is -0.886. The normalized spacial score (nSPS) is 26.6. The molecule has 0 saturated carbocycles. The van der Waals surface area contributed by atoms with Gasteiger partial charge in [0.25, 0.3) is 0 Å². The van der Waals surface area contributed by atoms with Crippen molar-refractivity contribution in [3.8, 4) is 0 Å². The van der Waals surface area contributed by atoms with Crippen LogP contribution >= 0.6 is 0 Å². The van der Waals surface area contributed by atoms with Crippen molar-refractivity contribution in [1.29, 1.82) is 0 Å². The van der Waals surface area contributed by atoms with Crippen LogP contribution in [0.3, 0.4) is 0 Å². The number of carboxylic acid groups (broad SMARTS) is 1. The summed E-state index contributed by atoms with van der Waals surface area (Å²) >= 11 is 0. The summed E-state index contributed by atoms with van der Waals surface area (Å²) in [4.78, 5) is 10.5. The lowest BCUT2D eigenvalue weighted by Crippen LogP contribution is -2.36. The quantitative estimate of drug-likeness (QED) is 0.671. The van der Waals surface area contributed by atoms with Crippen LogP contribution in [0.2, 0.25) is 0 Å². The molecule has 1 fully saturated rings. The Bertz CT molecular complexity index is 153. The van der Waals surface area contributed by atoms with E-state index in [1.54, 1.807) is 6.92 Å². The predicted octanol–water partition coefficient (Wildman–Crippen LogP) is 1.24. The molecule has 0 aliphatic carbocycles. The van der Waals surface area contributed by atoms with Crippen LogP contribution in [0.1, 0.15) is 32.6 Å². The van der Waals surface area contributed by atoms with Crippen LogP contribution in [0.15, 0.2) is 0 Å². The standard InChI is InChI=1S/C9H17NO2/c1-7(9(11)12)6-8-4-2-3-5-10-8/h7-8,10H,2-6H2,1H3,(H,11,12). The second kappa shape index (κ2) is 4.45. The van der Waals surface area contributed by atoms with E-state index in [0.29, 0.717) is 6.04 Å². The van der Waals surface area contributed by atoms with Crippen LogP contribution in [0.4, 0.5) is 0 Å². The highest BCUT2D eigenvalue weighted by molar-refractivity contribution is 5.69. The molecule has 0 spiro atoms. The number of carboxylic acids is 1. The Kier molecular flexibility index (Phi) is 3.53. The molecule has 1 heterocycles. The highest BCUT2D eigenvalue weighted by Crippen LogP contribution is 2.14. The first-order valence-corrected chi connectivity index (χ1v) is 4.66. The van der Waals surface area contributed by atoms with Crippen molar-refractivity contribution >= 4 is 5.97 Å². The number of piperidine rings is 1. The molecule has 1 aliphatic rings. The second-order valence-corrected chi connectivity index (χ2v) is 3.62. The van der Waals surface area contributed by atoms with Crippen LogP contribution in [0.25, 0.3) is 0 Å². The van der Waals surface area contributed by atoms with Crippen molar-refractivity contribution in [1.82, 2.24) is 5.32 Å². The summed E-state index contributed by atoms with van der Waals surface area (Å²) in [6, 6.07) is 0.435. The van der Waals surface area contributed by atoms with E-state index in [0.717, 1.165) is 19.4 Å². The summed E-state index contributed by atoms with van der Waals surface area (Å²) in [6.45, 7) is 2.83. The fourth-order valence-corrected chi connectivity index (χ4v) is 1.65. The highest BCUT2D eigenvalue weighted by atomic mass is 16.4. The topological polar surface area (TPSA) is 49.3 Å². The van der Waals surface area contributed by atoms with Gasteiger partial charge in [-0.25, -0.2) is 0 Å². The Hall–Kier alpha value is -0.570. The maximum Gasteiger partial charge on any atom is 0.306 e. The third-order valence-electron chi connectivity index (χ3n) is 2.47. The van der Waals surface area contributed by atoms with Crippen molar-refractivity contribution < 1.29 is 9.90 Å². The summed E-state index contributed by atoms with van der Waals surface area (Å²) in [6.07, 6.45) is 4.38. The maximum absolute atomic E-state index is 10.5. The van der Waals surface area contributed by atoms with Crippen molar-refractivity contribution in [3.05, 3.63) is 0 Å². The number of carbonyl (C=O) groups is 1. The van der Waals surface area contributed by atoms with E-state index in [4.69, 9.17) is 5.11 Å². The summed E-state index contributed by atoms with van der Waals surface area (Å²) in [5.41, 5.74) is 0. The van der Waals surface area contributed by atoms with Gasteiger partial charge in [-0.05, 0) is 25.8 Å². The largest absolute Gasteiger partial charge is 0.481 e. The molecule has 1 rings (SSSR count). The molecule has 70 valence electrons. The lowest BCUT2D eigenvalue weighted by Gasteiger charge is -2.24. The molecular weight excluding hydrogens is 154 g/mol. The van der Waals surface area contributed by atoms with Gasteiger partial charge in [0, 0.05) is 6.04 Å². The first-order valence-electron chi connectivity index (χ1n) is 4.66. The van der Waals surface area contributed by atoms with Crippen LogP contribution < -0.4 is 5.32 Å². The minimum Gasteiger partial charge on any atom is -0.481 e. The molecule has 0 aromatic carbocycles. The van der Waals surface area contributed by atoms with E-state index in [2.05, 4.69) is 5.32 Å². The Morgan fingerprint density at radius 1 is 1.67 bits per heavy atom. The fourth-order valence-electron chi connectivity index (χ4n) is 1.65. The van der Waals surface area contributed by atoms with E-state index in [-0.39, 0.29) is 5.92 Å². The van der Waals surface area contributed by atoms with Crippen molar-refractivity contribution in [3.63, 3.8) is 0 Å². The monoisotopic (exact) mass is 171 g/mol. The van der Waals surface area contributed by atoms with Gasteiger partial charge in [-0.2, -0.15) is 0 Å². The Labute approximate surface area is 73.2 Å². The van der Waals surface area contributed by atoms with Crippen LogP contribution in [-0.2, 0) is 4.79 Å². The molecule has 12 heavy (non-hydrogen) atoms. The molecule has 2 N–H and O–H groups in total. The minimum absolute atomic E-state index is 0.208.